The van der Waals surface area contributed by atoms with Gasteiger partial charge < -0.3 is 10.4 Å². The molecule has 2 aliphatic rings. The minimum Gasteiger partial charge on any atom is -0.481 e. The molecule has 2 aromatic rings. The van der Waals surface area contributed by atoms with Crippen LogP contribution in [0.15, 0.2) is 30.4 Å². The molecule has 1 heterocycles. The van der Waals surface area contributed by atoms with Crippen molar-refractivity contribution in [1.82, 2.24) is 9.78 Å². The molecule has 0 radical (unpaired) electrons. The van der Waals surface area contributed by atoms with E-state index in [1.54, 1.807) is 22.9 Å². The van der Waals surface area contributed by atoms with Crippen molar-refractivity contribution < 1.29 is 14.7 Å². The Kier molecular flexibility index (Phi) is 5.17. The summed E-state index contributed by atoms with van der Waals surface area (Å²) in [5.41, 5.74) is 2.78. The Hall–Kier alpha value is -2.31. The third-order valence-corrected chi connectivity index (χ3v) is 6.75. The van der Waals surface area contributed by atoms with Gasteiger partial charge in [0.15, 0.2) is 0 Å². The predicted molar refractivity (Wildman–Crippen MR) is 111 cm³/mol. The summed E-state index contributed by atoms with van der Waals surface area (Å²) in [7, 11) is 0. The fourth-order valence-corrected chi connectivity index (χ4v) is 5.10. The molecule has 0 saturated heterocycles. The van der Waals surface area contributed by atoms with Gasteiger partial charge in [-0.3, -0.25) is 14.3 Å². The van der Waals surface area contributed by atoms with E-state index in [4.69, 9.17) is 23.2 Å². The van der Waals surface area contributed by atoms with Crippen LogP contribution in [0.25, 0.3) is 0 Å². The lowest BCUT2D eigenvalue weighted by Crippen LogP contribution is -2.36. The highest BCUT2D eigenvalue weighted by Crippen LogP contribution is 2.48. The number of nitrogens with zero attached hydrogens (tertiary/aromatic N) is 2. The summed E-state index contributed by atoms with van der Waals surface area (Å²) in [6.45, 7) is 4.04. The smallest absolute Gasteiger partial charge is 0.307 e. The standard InChI is InChI=1S/C21H21Cl2N3O3/c1-10-19(11(2)26(25-10)9-14-15(22)4-3-5-16(14)23)24-20(27)17-12-6-7-13(8-12)18(17)21(28)29/h3-7,12-13,17-18H,8-9H2,1-2H3,(H,24,27)(H,28,29). The topological polar surface area (TPSA) is 84.2 Å². The lowest BCUT2D eigenvalue weighted by Gasteiger charge is -2.24. The van der Waals surface area contributed by atoms with E-state index in [1.165, 1.54) is 0 Å². The Morgan fingerprint density at radius 1 is 1.17 bits per heavy atom. The van der Waals surface area contributed by atoms with Gasteiger partial charge in [-0.15, -0.1) is 0 Å². The number of carbonyl (C=O) groups is 2. The highest BCUT2D eigenvalue weighted by atomic mass is 35.5. The molecule has 1 fully saturated rings. The summed E-state index contributed by atoms with van der Waals surface area (Å²) < 4.78 is 1.74. The number of aliphatic carboxylic acids is 1. The van der Waals surface area contributed by atoms with Crippen LogP contribution in [0.4, 0.5) is 5.69 Å². The maximum Gasteiger partial charge on any atom is 0.307 e. The minimum atomic E-state index is -0.917. The van der Waals surface area contributed by atoms with Crippen LogP contribution in [-0.4, -0.2) is 26.8 Å². The maximum absolute atomic E-state index is 13.0. The zero-order chi connectivity index (χ0) is 20.9. The number of carboxylic acids is 1. The van der Waals surface area contributed by atoms with Gasteiger partial charge in [-0.05, 0) is 44.2 Å². The molecule has 4 rings (SSSR count). The van der Waals surface area contributed by atoms with Crippen molar-refractivity contribution in [1.29, 1.82) is 0 Å². The Bertz CT molecular complexity index is 1010. The SMILES string of the molecule is Cc1nn(Cc2c(Cl)cccc2Cl)c(C)c1NC(=O)C1C2C=CC(C2)C1C(=O)O. The molecule has 1 aromatic heterocycles. The number of anilines is 1. The Labute approximate surface area is 178 Å². The molecule has 1 amide bonds. The first kappa shape index (κ1) is 20.0. The maximum atomic E-state index is 13.0. The van der Waals surface area contributed by atoms with Crippen LogP contribution in [0.1, 0.15) is 23.4 Å². The molecular formula is C21H21Cl2N3O3. The third-order valence-electron chi connectivity index (χ3n) is 6.05. The van der Waals surface area contributed by atoms with E-state index < -0.39 is 17.8 Å². The van der Waals surface area contributed by atoms with E-state index >= 15 is 0 Å². The second kappa shape index (κ2) is 7.50. The van der Waals surface area contributed by atoms with Crippen LogP contribution in [-0.2, 0) is 16.1 Å². The molecule has 2 N–H and O–H groups in total. The first-order valence-electron chi connectivity index (χ1n) is 9.46. The van der Waals surface area contributed by atoms with Gasteiger partial charge in [0.25, 0.3) is 0 Å². The van der Waals surface area contributed by atoms with Crippen molar-refractivity contribution in [3.05, 3.63) is 57.3 Å². The molecular weight excluding hydrogens is 413 g/mol. The molecule has 4 unspecified atom stereocenters. The van der Waals surface area contributed by atoms with Gasteiger partial charge in [0, 0.05) is 15.6 Å². The van der Waals surface area contributed by atoms with Gasteiger partial charge in [-0.2, -0.15) is 5.10 Å². The van der Waals surface area contributed by atoms with Crippen molar-refractivity contribution in [3.63, 3.8) is 0 Å². The first-order valence-corrected chi connectivity index (χ1v) is 10.2. The van der Waals surface area contributed by atoms with E-state index in [0.717, 1.165) is 17.7 Å². The monoisotopic (exact) mass is 433 g/mol. The predicted octanol–water partition coefficient (Wildman–Crippen LogP) is 4.32. The summed E-state index contributed by atoms with van der Waals surface area (Å²) >= 11 is 12.5. The molecule has 6 nitrogen and oxygen atoms in total. The second-order valence-electron chi connectivity index (χ2n) is 7.73. The molecule has 1 aromatic carbocycles. The highest BCUT2D eigenvalue weighted by molar-refractivity contribution is 6.36. The van der Waals surface area contributed by atoms with Gasteiger partial charge in [0.05, 0.1) is 35.5 Å². The summed E-state index contributed by atoms with van der Waals surface area (Å²) in [6.07, 6.45) is 4.61. The van der Waals surface area contributed by atoms with E-state index in [1.807, 2.05) is 26.0 Å². The Morgan fingerprint density at radius 2 is 1.79 bits per heavy atom. The number of amides is 1. The van der Waals surface area contributed by atoms with Crippen molar-refractivity contribution in [3.8, 4) is 0 Å². The van der Waals surface area contributed by atoms with Crippen LogP contribution in [0.2, 0.25) is 10.0 Å². The highest BCUT2D eigenvalue weighted by Gasteiger charge is 2.51. The molecule has 0 spiro atoms. The van der Waals surface area contributed by atoms with Gasteiger partial charge in [0.1, 0.15) is 0 Å². The average Bonchev–Trinajstić information content (AvgIpc) is 3.34. The van der Waals surface area contributed by atoms with Gasteiger partial charge in [0.2, 0.25) is 5.91 Å². The number of nitrogens with one attached hydrogen (secondary N) is 1. The molecule has 1 saturated carbocycles. The number of rotatable bonds is 5. The summed E-state index contributed by atoms with van der Waals surface area (Å²) in [5, 5.41) is 18.2. The lowest BCUT2D eigenvalue weighted by atomic mass is 9.82. The number of fused-ring (bicyclic) bond motifs is 2. The Morgan fingerprint density at radius 3 is 2.41 bits per heavy atom. The van der Waals surface area contributed by atoms with E-state index in [-0.39, 0.29) is 17.7 Å². The van der Waals surface area contributed by atoms with Crippen LogP contribution in [0.5, 0.6) is 0 Å². The van der Waals surface area contributed by atoms with Crippen LogP contribution in [0.3, 0.4) is 0 Å². The lowest BCUT2D eigenvalue weighted by molar-refractivity contribution is -0.146. The number of aromatic nitrogens is 2. The summed E-state index contributed by atoms with van der Waals surface area (Å²) in [6, 6.07) is 5.32. The normalized spacial score (nSPS) is 24.8. The molecule has 29 heavy (non-hydrogen) atoms. The van der Waals surface area contributed by atoms with Crippen LogP contribution < -0.4 is 5.32 Å². The third kappa shape index (κ3) is 3.45. The average molecular weight is 434 g/mol. The molecule has 8 heteroatoms. The van der Waals surface area contributed by atoms with Gasteiger partial charge >= 0.3 is 5.97 Å². The molecule has 0 aliphatic heterocycles. The van der Waals surface area contributed by atoms with Crippen LogP contribution in [0, 0.1) is 37.5 Å². The van der Waals surface area contributed by atoms with E-state index in [9.17, 15) is 14.7 Å². The van der Waals surface area contributed by atoms with E-state index in [0.29, 0.717) is 28.0 Å². The summed E-state index contributed by atoms with van der Waals surface area (Å²) in [5.74, 6) is -2.53. The Balaban J connectivity index is 1.58. The zero-order valence-corrected chi connectivity index (χ0v) is 17.5. The number of carbonyl (C=O) groups excluding carboxylic acids is 1. The van der Waals surface area contributed by atoms with Crippen molar-refractivity contribution in [2.24, 2.45) is 23.7 Å². The fraction of sp³-hybridized carbons (Fsp3) is 0.381. The number of hydrogen-bond acceptors (Lipinski definition) is 3. The molecule has 152 valence electrons. The summed E-state index contributed by atoms with van der Waals surface area (Å²) in [4.78, 5) is 24.7. The first-order chi connectivity index (χ1) is 13.8. The van der Waals surface area contributed by atoms with Gasteiger partial charge in [-0.25, -0.2) is 0 Å². The van der Waals surface area contributed by atoms with Crippen LogP contribution >= 0.6 is 23.2 Å². The zero-order valence-electron chi connectivity index (χ0n) is 16.0. The number of allylic oxidation sites excluding steroid dienone is 2. The van der Waals surface area contributed by atoms with Gasteiger partial charge in [-0.1, -0.05) is 41.4 Å². The van der Waals surface area contributed by atoms with Crippen molar-refractivity contribution in [2.45, 2.75) is 26.8 Å². The fourth-order valence-electron chi connectivity index (χ4n) is 4.59. The van der Waals surface area contributed by atoms with Crippen molar-refractivity contribution in [2.75, 3.05) is 5.32 Å². The number of halogens is 2. The van der Waals surface area contributed by atoms with Crippen molar-refractivity contribution >= 4 is 40.8 Å². The molecule has 4 atom stereocenters. The largest absolute Gasteiger partial charge is 0.481 e. The quantitative estimate of drug-likeness (QED) is 0.687. The number of benzene rings is 1. The molecule has 2 aliphatic carbocycles. The second-order valence-corrected chi connectivity index (χ2v) is 8.55. The molecule has 2 bridgehead atoms. The number of hydrogen-bond donors (Lipinski definition) is 2. The number of carboxylic acid groups (broad SMARTS) is 1. The van der Waals surface area contributed by atoms with E-state index in [2.05, 4.69) is 10.4 Å². The minimum absolute atomic E-state index is 0.0290. The number of aryl methyl sites for hydroxylation is 1.